The van der Waals surface area contributed by atoms with Gasteiger partial charge in [0.05, 0.1) is 17.5 Å². The Labute approximate surface area is 138 Å². The molecule has 0 radical (unpaired) electrons. The Hall–Kier alpha value is -1.93. The molecule has 0 aliphatic carbocycles. The molecular weight excluding hydrogens is 314 g/mol. The molecule has 1 aliphatic heterocycles. The molecule has 1 amide bonds. The lowest BCUT2D eigenvalue weighted by molar-refractivity contribution is -0.119. The third-order valence-electron chi connectivity index (χ3n) is 3.60. The molecule has 1 aliphatic rings. The first kappa shape index (κ1) is 15.9. The Morgan fingerprint density at radius 2 is 2.26 bits per heavy atom. The zero-order valence-electron chi connectivity index (χ0n) is 12.9. The van der Waals surface area contributed by atoms with Crippen molar-refractivity contribution < 1.29 is 9.53 Å². The van der Waals surface area contributed by atoms with Gasteiger partial charge in [-0.05, 0) is 42.3 Å². The van der Waals surface area contributed by atoms with Gasteiger partial charge in [-0.2, -0.15) is 4.68 Å². The number of nitrogens with one attached hydrogen (secondary N) is 1. The van der Waals surface area contributed by atoms with Crippen LogP contribution in [0.5, 0.6) is 0 Å². The Balaban J connectivity index is 1.53. The predicted molar refractivity (Wildman–Crippen MR) is 86.6 cm³/mol. The first-order valence-electron chi connectivity index (χ1n) is 7.59. The topological polar surface area (TPSA) is 81.9 Å². The van der Waals surface area contributed by atoms with Gasteiger partial charge >= 0.3 is 0 Å². The molecule has 1 N–H and O–H groups in total. The molecule has 1 saturated heterocycles. The number of carbonyl (C=O) groups excluding carboxylic acids is 1. The van der Waals surface area contributed by atoms with E-state index in [1.54, 1.807) is 4.68 Å². The summed E-state index contributed by atoms with van der Waals surface area (Å²) in [5.41, 5.74) is 2.05. The molecule has 2 heterocycles. The molecular formula is C15H19N5O2S. The fourth-order valence-electron chi connectivity index (χ4n) is 2.33. The van der Waals surface area contributed by atoms with Gasteiger partial charge in [0.25, 0.3) is 0 Å². The molecule has 1 atom stereocenters. The minimum atomic E-state index is -0.0380. The first-order valence-corrected chi connectivity index (χ1v) is 8.57. The molecule has 1 aromatic heterocycles. The van der Waals surface area contributed by atoms with Crippen LogP contribution in [0.3, 0.4) is 0 Å². The van der Waals surface area contributed by atoms with Crippen molar-refractivity contribution in [2.75, 3.05) is 18.9 Å². The molecule has 0 saturated carbocycles. The van der Waals surface area contributed by atoms with Crippen LogP contribution in [0.2, 0.25) is 0 Å². The fraction of sp³-hybridized carbons (Fsp3) is 0.467. The summed E-state index contributed by atoms with van der Waals surface area (Å²) in [6, 6.07) is 7.90. The molecule has 1 unspecified atom stereocenters. The van der Waals surface area contributed by atoms with E-state index in [0.29, 0.717) is 11.7 Å². The second-order valence-electron chi connectivity index (χ2n) is 5.44. The van der Waals surface area contributed by atoms with E-state index >= 15 is 0 Å². The average molecular weight is 333 g/mol. The van der Waals surface area contributed by atoms with Crippen molar-refractivity contribution in [3.05, 3.63) is 29.8 Å². The van der Waals surface area contributed by atoms with Crippen molar-refractivity contribution in [1.82, 2.24) is 25.5 Å². The number of hydrogen-bond donors (Lipinski definition) is 1. The van der Waals surface area contributed by atoms with Crippen LogP contribution in [-0.4, -0.2) is 51.1 Å². The monoisotopic (exact) mass is 333 g/mol. The van der Waals surface area contributed by atoms with Gasteiger partial charge in [-0.25, -0.2) is 0 Å². The fourth-order valence-corrected chi connectivity index (χ4v) is 3.05. The van der Waals surface area contributed by atoms with Gasteiger partial charge in [0.1, 0.15) is 0 Å². The predicted octanol–water partition coefficient (Wildman–Crippen LogP) is 1.36. The largest absolute Gasteiger partial charge is 0.376 e. The van der Waals surface area contributed by atoms with Crippen LogP contribution in [-0.2, 0) is 9.53 Å². The van der Waals surface area contributed by atoms with Crippen molar-refractivity contribution in [3.8, 4) is 5.69 Å². The van der Waals surface area contributed by atoms with Crippen molar-refractivity contribution in [2.24, 2.45) is 0 Å². The smallest absolute Gasteiger partial charge is 0.230 e. The van der Waals surface area contributed by atoms with E-state index in [1.165, 1.54) is 17.3 Å². The van der Waals surface area contributed by atoms with Gasteiger partial charge in [-0.15, -0.1) is 5.10 Å². The van der Waals surface area contributed by atoms with Gasteiger partial charge < -0.3 is 10.1 Å². The number of aromatic nitrogens is 4. The van der Waals surface area contributed by atoms with E-state index in [4.69, 9.17) is 4.74 Å². The average Bonchev–Trinajstić information content (AvgIpc) is 3.23. The minimum absolute atomic E-state index is 0.0380. The number of aryl methyl sites for hydroxylation is 1. The second-order valence-corrected chi connectivity index (χ2v) is 6.38. The summed E-state index contributed by atoms with van der Waals surface area (Å²) in [6.07, 6.45) is 2.24. The summed E-state index contributed by atoms with van der Waals surface area (Å²) >= 11 is 1.32. The number of benzene rings is 1. The highest BCUT2D eigenvalue weighted by Crippen LogP contribution is 2.18. The molecule has 8 heteroatoms. The maximum Gasteiger partial charge on any atom is 0.230 e. The molecule has 1 aromatic carbocycles. The van der Waals surface area contributed by atoms with E-state index in [-0.39, 0.29) is 17.8 Å². The van der Waals surface area contributed by atoms with Gasteiger partial charge in [-0.3, -0.25) is 4.79 Å². The Morgan fingerprint density at radius 1 is 1.43 bits per heavy atom. The van der Waals surface area contributed by atoms with Crippen molar-refractivity contribution in [1.29, 1.82) is 0 Å². The quantitative estimate of drug-likeness (QED) is 0.804. The zero-order chi connectivity index (χ0) is 16.1. The molecule has 0 spiro atoms. The van der Waals surface area contributed by atoms with Crippen LogP contribution in [0.1, 0.15) is 18.4 Å². The molecule has 122 valence electrons. The summed E-state index contributed by atoms with van der Waals surface area (Å²) < 4.78 is 7.12. The maximum absolute atomic E-state index is 11.9. The van der Waals surface area contributed by atoms with Crippen LogP contribution in [0, 0.1) is 6.92 Å². The minimum Gasteiger partial charge on any atom is -0.376 e. The first-order chi connectivity index (χ1) is 11.2. The van der Waals surface area contributed by atoms with E-state index in [0.717, 1.165) is 25.1 Å². The zero-order valence-corrected chi connectivity index (χ0v) is 13.8. The number of tetrazole rings is 1. The SMILES string of the molecule is Cc1ccc(-n2nnnc2SCC(=O)NCC2CCCO2)cc1. The number of amides is 1. The van der Waals surface area contributed by atoms with E-state index < -0.39 is 0 Å². The summed E-state index contributed by atoms with van der Waals surface area (Å²) in [6.45, 7) is 3.39. The van der Waals surface area contributed by atoms with E-state index in [1.807, 2.05) is 31.2 Å². The second kappa shape index (κ2) is 7.56. The van der Waals surface area contributed by atoms with Crippen molar-refractivity contribution in [3.63, 3.8) is 0 Å². The van der Waals surface area contributed by atoms with Crippen molar-refractivity contribution in [2.45, 2.75) is 31.0 Å². The molecule has 2 aromatic rings. The highest BCUT2D eigenvalue weighted by molar-refractivity contribution is 7.99. The number of hydrogen-bond acceptors (Lipinski definition) is 6. The molecule has 23 heavy (non-hydrogen) atoms. The molecule has 3 rings (SSSR count). The number of rotatable bonds is 6. The van der Waals surface area contributed by atoms with E-state index in [9.17, 15) is 4.79 Å². The summed E-state index contributed by atoms with van der Waals surface area (Å²) in [4.78, 5) is 11.9. The standard InChI is InChI=1S/C15H19N5O2S/c1-11-4-6-12(7-5-11)20-15(17-18-19-20)23-10-14(21)16-9-13-3-2-8-22-13/h4-7,13H,2-3,8-10H2,1H3,(H,16,21). The third kappa shape index (κ3) is 4.29. The van der Waals surface area contributed by atoms with Gasteiger partial charge in [0.2, 0.25) is 11.1 Å². The van der Waals surface area contributed by atoms with Crippen LogP contribution in [0.4, 0.5) is 0 Å². The van der Waals surface area contributed by atoms with Gasteiger partial charge in [0, 0.05) is 13.2 Å². The molecule has 1 fully saturated rings. The summed E-state index contributed by atoms with van der Waals surface area (Å²) in [5.74, 6) is 0.239. The highest BCUT2D eigenvalue weighted by atomic mass is 32.2. The lowest BCUT2D eigenvalue weighted by Gasteiger charge is -2.10. The van der Waals surface area contributed by atoms with E-state index in [2.05, 4.69) is 20.8 Å². The van der Waals surface area contributed by atoms with Crippen LogP contribution in [0.25, 0.3) is 5.69 Å². The van der Waals surface area contributed by atoms with Gasteiger partial charge in [-0.1, -0.05) is 29.5 Å². The Bertz CT molecular complexity index is 652. The highest BCUT2D eigenvalue weighted by Gasteiger charge is 2.17. The maximum atomic E-state index is 11.9. The number of carbonyl (C=O) groups is 1. The third-order valence-corrected chi connectivity index (χ3v) is 4.52. The van der Waals surface area contributed by atoms with Crippen LogP contribution in [0.15, 0.2) is 29.4 Å². The van der Waals surface area contributed by atoms with Crippen LogP contribution < -0.4 is 5.32 Å². The number of thioether (sulfide) groups is 1. The lowest BCUT2D eigenvalue weighted by Crippen LogP contribution is -2.32. The Morgan fingerprint density at radius 3 is 3.00 bits per heavy atom. The number of nitrogens with zero attached hydrogens (tertiary/aromatic N) is 4. The number of ether oxygens (including phenoxy) is 1. The van der Waals surface area contributed by atoms with Gasteiger partial charge in [0.15, 0.2) is 0 Å². The molecule has 7 nitrogen and oxygen atoms in total. The summed E-state index contributed by atoms with van der Waals surface area (Å²) in [5, 5.41) is 15.2. The summed E-state index contributed by atoms with van der Waals surface area (Å²) in [7, 11) is 0. The molecule has 0 bridgehead atoms. The Kier molecular flexibility index (Phi) is 5.24. The lowest BCUT2D eigenvalue weighted by atomic mass is 10.2. The van der Waals surface area contributed by atoms with Crippen molar-refractivity contribution >= 4 is 17.7 Å². The normalized spacial score (nSPS) is 17.3. The van der Waals surface area contributed by atoms with Crippen LogP contribution >= 0.6 is 11.8 Å².